The minimum atomic E-state index is -0.465. The molecule has 1 aromatic rings. The van der Waals surface area contributed by atoms with Crippen molar-refractivity contribution in [3.05, 3.63) is 33.9 Å². The number of piperidine rings is 1. The molecule has 2 atom stereocenters. The molecule has 18 heavy (non-hydrogen) atoms. The van der Waals surface area contributed by atoms with Crippen molar-refractivity contribution in [1.82, 2.24) is 0 Å². The Kier molecular flexibility index (Phi) is 2.54. The smallest absolute Gasteiger partial charge is 0.270 e. The van der Waals surface area contributed by atoms with Gasteiger partial charge in [0.2, 0.25) is 0 Å². The molecule has 1 saturated carbocycles. The van der Waals surface area contributed by atoms with Crippen molar-refractivity contribution in [2.45, 2.75) is 25.3 Å². The van der Waals surface area contributed by atoms with E-state index in [0.29, 0.717) is 17.9 Å². The van der Waals surface area contributed by atoms with Crippen LogP contribution in [0, 0.1) is 16.0 Å². The van der Waals surface area contributed by atoms with E-state index >= 15 is 0 Å². The average molecular weight is 246 g/mol. The first kappa shape index (κ1) is 11.2. The molecule has 1 aliphatic carbocycles. The highest BCUT2D eigenvalue weighted by molar-refractivity contribution is 5.86. The minimum Gasteiger partial charge on any atom is -0.368 e. The third-order valence-electron chi connectivity index (χ3n) is 4.07. The maximum atomic E-state index is 11.1. The van der Waals surface area contributed by atoms with E-state index in [2.05, 4.69) is 4.90 Å². The van der Waals surface area contributed by atoms with Gasteiger partial charge in [-0.2, -0.15) is 0 Å². The van der Waals surface area contributed by atoms with Gasteiger partial charge < -0.3 is 4.90 Å². The van der Waals surface area contributed by atoms with Crippen LogP contribution in [0.1, 0.15) is 29.6 Å². The summed E-state index contributed by atoms with van der Waals surface area (Å²) in [4.78, 5) is 23.6. The Morgan fingerprint density at radius 3 is 2.78 bits per heavy atom. The third-order valence-corrected chi connectivity index (χ3v) is 4.07. The Hall–Kier alpha value is -1.91. The summed E-state index contributed by atoms with van der Waals surface area (Å²) in [6.45, 7) is 0.976. The topological polar surface area (TPSA) is 63.4 Å². The number of carbonyl (C=O) groups excluding carboxylic acids is 1. The molecule has 3 rings (SSSR count). The zero-order chi connectivity index (χ0) is 12.7. The lowest BCUT2D eigenvalue weighted by Crippen LogP contribution is -2.32. The van der Waals surface area contributed by atoms with Crippen molar-refractivity contribution in [2.24, 2.45) is 5.92 Å². The Balaban J connectivity index is 1.97. The van der Waals surface area contributed by atoms with E-state index in [1.165, 1.54) is 31.4 Å². The number of carbonyl (C=O) groups is 1. The zero-order valence-corrected chi connectivity index (χ0v) is 9.91. The molecular formula is C13H14N2O3. The third kappa shape index (κ3) is 1.66. The maximum absolute atomic E-state index is 11.1. The van der Waals surface area contributed by atoms with Crippen LogP contribution in [0.2, 0.25) is 0 Å². The fourth-order valence-electron chi connectivity index (χ4n) is 3.23. The predicted octanol–water partition coefficient (Wildman–Crippen LogP) is 2.40. The molecule has 0 radical (unpaired) electrons. The van der Waals surface area contributed by atoms with Crippen LogP contribution in [0.3, 0.4) is 0 Å². The summed E-state index contributed by atoms with van der Waals surface area (Å²) in [6.07, 6.45) is 4.34. The number of aldehydes is 1. The van der Waals surface area contributed by atoms with Crippen LogP contribution in [0.25, 0.3) is 0 Å². The fourth-order valence-corrected chi connectivity index (χ4v) is 3.23. The molecule has 1 heterocycles. The van der Waals surface area contributed by atoms with E-state index in [1.807, 2.05) is 0 Å². The van der Waals surface area contributed by atoms with Gasteiger partial charge in [0.1, 0.15) is 0 Å². The van der Waals surface area contributed by atoms with E-state index in [0.717, 1.165) is 18.2 Å². The minimum absolute atomic E-state index is 0.0230. The molecule has 0 spiro atoms. The molecule has 5 nitrogen and oxygen atoms in total. The molecule has 1 saturated heterocycles. The van der Waals surface area contributed by atoms with Gasteiger partial charge in [0.25, 0.3) is 5.69 Å². The molecule has 0 N–H and O–H groups in total. The van der Waals surface area contributed by atoms with Crippen molar-refractivity contribution < 1.29 is 9.72 Å². The van der Waals surface area contributed by atoms with Crippen molar-refractivity contribution in [3.63, 3.8) is 0 Å². The summed E-state index contributed by atoms with van der Waals surface area (Å²) in [5, 5.41) is 10.7. The van der Waals surface area contributed by atoms with Gasteiger partial charge in [0.15, 0.2) is 6.29 Å². The molecule has 1 aliphatic heterocycles. The number of non-ortho nitro benzene ring substituents is 1. The fraction of sp³-hybridized carbons (Fsp3) is 0.462. The Bertz CT molecular complexity index is 515. The zero-order valence-electron chi connectivity index (χ0n) is 9.91. The molecule has 2 bridgehead atoms. The van der Waals surface area contributed by atoms with Crippen LogP contribution in [0.5, 0.6) is 0 Å². The second-order valence-electron chi connectivity index (χ2n) is 5.10. The van der Waals surface area contributed by atoms with Crippen LogP contribution in [0.4, 0.5) is 11.4 Å². The molecule has 5 heteroatoms. The Labute approximate surface area is 105 Å². The predicted molar refractivity (Wildman–Crippen MR) is 67.0 cm³/mol. The molecule has 1 aromatic carbocycles. The Morgan fingerprint density at radius 2 is 2.22 bits per heavy atom. The largest absolute Gasteiger partial charge is 0.368 e. The van der Waals surface area contributed by atoms with Gasteiger partial charge in [0.05, 0.1) is 4.92 Å². The lowest BCUT2D eigenvalue weighted by atomic mass is 10.1. The molecule has 0 aromatic heterocycles. The van der Waals surface area contributed by atoms with Crippen LogP contribution in [-0.4, -0.2) is 23.8 Å². The van der Waals surface area contributed by atoms with Crippen molar-refractivity contribution >= 4 is 17.7 Å². The van der Waals surface area contributed by atoms with Gasteiger partial charge in [-0.05, 0) is 31.2 Å². The second-order valence-corrected chi connectivity index (χ2v) is 5.10. The summed E-state index contributed by atoms with van der Waals surface area (Å²) in [5.74, 6) is 0.727. The number of benzene rings is 1. The van der Waals surface area contributed by atoms with Crippen LogP contribution in [0.15, 0.2) is 18.2 Å². The highest BCUT2D eigenvalue weighted by Crippen LogP contribution is 2.41. The number of anilines is 1. The normalized spacial score (nSPS) is 25.4. The van der Waals surface area contributed by atoms with Crippen molar-refractivity contribution in [3.8, 4) is 0 Å². The van der Waals surface area contributed by atoms with E-state index in [-0.39, 0.29) is 5.69 Å². The van der Waals surface area contributed by atoms with Gasteiger partial charge >= 0.3 is 0 Å². The van der Waals surface area contributed by atoms with Gasteiger partial charge in [-0.25, -0.2) is 0 Å². The average Bonchev–Trinajstić information content (AvgIpc) is 3.00. The number of nitro benzene ring substituents is 1. The first-order valence-corrected chi connectivity index (χ1v) is 6.19. The molecule has 2 aliphatic rings. The summed E-state index contributed by atoms with van der Waals surface area (Å²) < 4.78 is 0. The number of rotatable bonds is 3. The summed E-state index contributed by atoms with van der Waals surface area (Å²) in [6, 6.07) is 5.07. The maximum Gasteiger partial charge on any atom is 0.270 e. The van der Waals surface area contributed by atoms with Crippen LogP contribution >= 0.6 is 0 Å². The van der Waals surface area contributed by atoms with Crippen LogP contribution < -0.4 is 4.90 Å². The number of hydrogen-bond donors (Lipinski definition) is 0. The van der Waals surface area contributed by atoms with E-state index in [9.17, 15) is 14.9 Å². The Morgan fingerprint density at radius 1 is 1.39 bits per heavy atom. The number of fused-ring (bicyclic) bond motifs is 2. The van der Waals surface area contributed by atoms with E-state index < -0.39 is 4.92 Å². The lowest BCUT2D eigenvalue weighted by molar-refractivity contribution is -0.384. The molecule has 0 amide bonds. The van der Waals surface area contributed by atoms with Gasteiger partial charge in [0, 0.05) is 36.0 Å². The molecule has 2 unspecified atom stereocenters. The van der Waals surface area contributed by atoms with Crippen molar-refractivity contribution in [1.29, 1.82) is 0 Å². The highest BCUT2D eigenvalue weighted by Gasteiger charge is 2.38. The summed E-state index contributed by atoms with van der Waals surface area (Å²) >= 11 is 0. The number of nitrogens with zero attached hydrogens (tertiary/aromatic N) is 2. The van der Waals surface area contributed by atoms with Crippen LogP contribution in [-0.2, 0) is 0 Å². The van der Waals surface area contributed by atoms with Gasteiger partial charge in [-0.15, -0.1) is 0 Å². The second kappa shape index (κ2) is 4.08. The first-order valence-electron chi connectivity index (χ1n) is 6.19. The van der Waals surface area contributed by atoms with E-state index in [4.69, 9.17) is 0 Å². The number of nitro groups is 1. The summed E-state index contributed by atoms with van der Waals surface area (Å²) in [5.41, 5.74) is 1.25. The van der Waals surface area contributed by atoms with Gasteiger partial charge in [-0.3, -0.25) is 14.9 Å². The molecule has 94 valence electrons. The SMILES string of the molecule is O=Cc1cc([N+](=O)[O-])ccc1N1CC2CCC1C2. The standard InChI is InChI=1S/C13H14N2O3/c16-8-10-6-12(15(17)18)3-4-13(10)14-7-9-1-2-11(14)5-9/h3-4,6,8-9,11H,1-2,5,7H2. The highest BCUT2D eigenvalue weighted by atomic mass is 16.6. The van der Waals surface area contributed by atoms with Crippen molar-refractivity contribution in [2.75, 3.05) is 11.4 Å². The van der Waals surface area contributed by atoms with Gasteiger partial charge in [-0.1, -0.05) is 0 Å². The molecular weight excluding hydrogens is 232 g/mol. The number of hydrogen-bond acceptors (Lipinski definition) is 4. The molecule has 2 fully saturated rings. The quantitative estimate of drug-likeness (QED) is 0.466. The first-order chi connectivity index (χ1) is 8.69. The monoisotopic (exact) mass is 246 g/mol. The summed E-state index contributed by atoms with van der Waals surface area (Å²) in [7, 11) is 0. The van der Waals surface area contributed by atoms with E-state index in [1.54, 1.807) is 6.07 Å². The lowest BCUT2D eigenvalue weighted by Gasteiger charge is -2.30.